The second-order valence-electron chi connectivity index (χ2n) is 5.96. The molecule has 0 aliphatic carbocycles. The van der Waals surface area contributed by atoms with Crippen LogP contribution >= 0.6 is 12.2 Å². The maximum absolute atomic E-state index is 10.0. The number of nitrogens with one attached hydrogen (secondary N) is 2. The topological polar surface area (TPSA) is 75.1 Å². The number of rotatable bonds is 5. The predicted octanol–water partition coefficient (Wildman–Crippen LogP) is 4.32. The molecule has 3 rings (SSSR count). The average Bonchev–Trinajstić information content (AvgIpc) is 2.96. The van der Waals surface area contributed by atoms with Gasteiger partial charge in [-0.3, -0.25) is 5.43 Å². The van der Waals surface area contributed by atoms with Crippen molar-refractivity contribution in [3.8, 4) is 22.9 Å². The minimum atomic E-state index is 0.199. The summed E-state index contributed by atoms with van der Waals surface area (Å²) >= 11 is 5.34. The summed E-state index contributed by atoms with van der Waals surface area (Å²) in [6, 6.07) is 12.9. The molecule has 0 saturated carbocycles. The van der Waals surface area contributed by atoms with Crippen LogP contribution in [0.15, 0.2) is 42.5 Å². The molecule has 0 bridgehead atoms. The summed E-state index contributed by atoms with van der Waals surface area (Å²) in [6.07, 6.45) is 0. The maximum Gasteiger partial charge on any atom is 0.214 e. The summed E-state index contributed by atoms with van der Waals surface area (Å²) in [6.45, 7) is 4.07. The highest BCUT2D eigenvalue weighted by atomic mass is 32.1. The number of nitrogens with zero attached hydrogens (tertiary/aromatic N) is 2. The quantitative estimate of drug-likeness (QED) is 0.594. The zero-order valence-electron chi connectivity index (χ0n) is 14.3. The fraction of sp³-hybridized carbons (Fsp3) is 0.222. The van der Waals surface area contributed by atoms with Gasteiger partial charge in [-0.25, -0.2) is 9.77 Å². The van der Waals surface area contributed by atoms with E-state index >= 15 is 0 Å². The van der Waals surface area contributed by atoms with Crippen LogP contribution in [0.2, 0.25) is 0 Å². The zero-order chi connectivity index (χ0) is 18.0. The lowest BCUT2D eigenvalue weighted by molar-refractivity contribution is 0.415. The van der Waals surface area contributed by atoms with Crippen molar-refractivity contribution in [3.63, 3.8) is 0 Å². The highest BCUT2D eigenvalue weighted by molar-refractivity contribution is 7.71. The van der Waals surface area contributed by atoms with Gasteiger partial charge in [0.1, 0.15) is 11.5 Å². The van der Waals surface area contributed by atoms with Gasteiger partial charge < -0.3 is 9.84 Å². The zero-order valence-corrected chi connectivity index (χ0v) is 15.1. The van der Waals surface area contributed by atoms with Crippen LogP contribution in [0, 0.1) is 4.77 Å². The Morgan fingerprint density at radius 3 is 2.56 bits per heavy atom. The first-order chi connectivity index (χ1) is 12.0. The van der Waals surface area contributed by atoms with Gasteiger partial charge >= 0.3 is 0 Å². The highest BCUT2D eigenvalue weighted by Gasteiger charge is 2.13. The molecule has 0 unspecified atom stereocenters. The van der Waals surface area contributed by atoms with Crippen LogP contribution in [0.4, 0.5) is 5.69 Å². The Bertz CT molecular complexity index is 929. The van der Waals surface area contributed by atoms with E-state index in [2.05, 4.69) is 15.6 Å². The SMILES string of the molecule is COc1ccc(Nn2c(-c3ccc(O)c(C(C)C)c3)n[nH]c2=S)cc1. The molecule has 0 spiro atoms. The third kappa shape index (κ3) is 3.51. The van der Waals surface area contributed by atoms with Gasteiger partial charge in [-0.05, 0) is 66.2 Å². The standard InChI is InChI=1S/C18H20N4O2S/c1-11(2)15-10-12(4-9-16(15)23)17-19-20-18(25)22(17)21-13-5-7-14(24-3)8-6-13/h4-11,21,23H,1-3H3,(H,20,25). The number of aromatic amines is 1. The van der Waals surface area contributed by atoms with Crippen LogP contribution in [-0.4, -0.2) is 27.1 Å². The van der Waals surface area contributed by atoms with Gasteiger partial charge in [0.2, 0.25) is 4.77 Å². The number of phenols is 1. The molecule has 3 N–H and O–H groups in total. The number of phenolic OH excluding ortho intramolecular Hbond substituents is 1. The molecular formula is C18H20N4O2S. The van der Waals surface area contributed by atoms with E-state index in [0.29, 0.717) is 10.6 Å². The monoisotopic (exact) mass is 356 g/mol. The minimum absolute atomic E-state index is 0.199. The number of aromatic nitrogens is 3. The fourth-order valence-electron chi connectivity index (χ4n) is 2.55. The van der Waals surface area contributed by atoms with E-state index in [0.717, 1.165) is 22.6 Å². The second-order valence-corrected chi connectivity index (χ2v) is 6.34. The van der Waals surface area contributed by atoms with E-state index in [1.54, 1.807) is 17.9 Å². The van der Waals surface area contributed by atoms with Crippen molar-refractivity contribution in [1.29, 1.82) is 0 Å². The van der Waals surface area contributed by atoms with E-state index < -0.39 is 0 Å². The van der Waals surface area contributed by atoms with Gasteiger partial charge in [-0.1, -0.05) is 13.8 Å². The normalized spacial score (nSPS) is 10.9. The Hall–Kier alpha value is -2.80. The van der Waals surface area contributed by atoms with Crippen LogP contribution in [0.25, 0.3) is 11.4 Å². The van der Waals surface area contributed by atoms with Crippen LogP contribution in [0.5, 0.6) is 11.5 Å². The van der Waals surface area contributed by atoms with Crippen molar-refractivity contribution < 1.29 is 9.84 Å². The summed E-state index contributed by atoms with van der Waals surface area (Å²) < 4.78 is 7.32. The van der Waals surface area contributed by atoms with Crippen LogP contribution < -0.4 is 10.2 Å². The molecule has 1 heterocycles. The summed E-state index contributed by atoms with van der Waals surface area (Å²) in [5.74, 6) is 1.90. The van der Waals surface area contributed by atoms with Gasteiger partial charge in [-0.15, -0.1) is 0 Å². The molecule has 0 atom stereocenters. The van der Waals surface area contributed by atoms with E-state index in [4.69, 9.17) is 17.0 Å². The van der Waals surface area contributed by atoms with E-state index in [1.807, 2.05) is 50.2 Å². The average molecular weight is 356 g/mol. The van der Waals surface area contributed by atoms with Gasteiger partial charge in [0, 0.05) is 5.56 Å². The minimum Gasteiger partial charge on any atom is -0.508 e. The summed E-state index contributed by atoms with van der Waals surface area (Å²) in [5, 5.41) is 17.2. The Kier molecular flexibility index (Phi) is 4.76. The third-order valence-electron chi connectivity index (χ3n) is 3.91. The molecule has 0 aliphatic heterocycles. The molecule has 1 aromatic heterocycles. The van der Waals surface area contributed by atoms with Crippen molar-refractivity contribution in [2.75, 3.05) is 12.5 Å². The Balaban J connectivity index is 1.99. The lowest BCUT2D eigenvalue weighted by Gasteiger charge is -2.13. The third-order valence-corrected chi connectivity index (χ3v) is 4.18. The summed E-state index contributed by atoms with van der Waals surface area (Å²) in [4.78, 5) is 0. The van der Waals surface area contributed by atoms with Gasteiger partial charge in [0.05, 0.1) is 12.8 Å². The molecule has 2 aromatic carbocycles. The number of methoxy groups -OCH3 is 1. The number of hydrogen-bond donors (Lipinski definition) is 3. The van der Waals surface area contributed by atoms with Gasteiger partial charge in [0.15, 0.2) is 5.82 Å². The van der Waals surface area contributed by atoms with Gasteiger partial charge in [-0.2, -0.15) is 5.10 Å². The van der Waals surface area contributed by atoms with Crippen LogP contribution in [0.1, 0.15) is 25.3 Å². The van der Waals surface area contributed by atoms with Crippen molar-refractivity contribution in [2.24, 2.45) is 0 Å². The van der Waals surface area contributed by atoms with Crippen LogP contribution in [0.3, 0.4) is 0 Å². The number of ether oxygens (including phenoxy) is 1. The first kappa shape index (κ1) is 17.0. The Morgan fingerprint density at radius 1 is 1.20 bits per heavy atom. The fourth-order valence-corrected chi connectivity index (χ4v) is 2.72. The molecule has 0 fully saturated rings. The molecule has 0 radical (unpaired) electrons. The van der Waals surface area contributed by atoms with Crippen molar-refractivity contribution in [1.82, 2.24) is 14.9 Å². The molecule has 6 nitrogen and oxygen atoms in total. The van der Waals surface area contributed by atoms with Crippen molar-refractivity contribution >= 4 is 17.9 Å². The molecule has 130 valence electrons. The first-order valence-corrected chi connectivity index (χ1v) is 8.32. The number of anilines is 1. The Labute approximate surface area is 151 Å². The lowest BCUT2D eigenvalue weighted by atomic mass is 9.99. The number of H-pyrrole nitrogens is 1. The number of hydrogen-bond acceptors (Lipinski definition) is 5. The number of aromatic hydroxyl groups is 1. The summed E-state index contributed by atoms with van der Waals surface area (Å²) in [7, 11) is 1.63. The molecule has 25 heavy (non-hydrogen) atoms. The van der Waals surface area contributed by atoms with E-state index in [-0.39, 0.29) is 11.7 Å². The molecule has 7 heteroatoms. The van der Waals surface area contributed by atoms with Crippen molar-refractivity contribution in [2.45, 2.75) is 19.8 Å². The maximum atomic E-state index is 10.0. The van der Waals surface area contributed by atoms with E-state index in [9.17, 15) is 5.11 Å². The number of benzene rings is 2. The molecule has 3 aromatic rings. The molecule has 0 aliphatic rings. The van der Waals surface area contributed by atoms with Crippen molar-refractivity contribution in [3.05, 3.63) is 52.8 Å². The highest BCUT2D eigenvalue weighted by Crippen LogP contribution is 2.30. The largest absolute Gasteiger partial charge is 0.508 e. The summed E-state index contributed by atoms with van der Waals surface area (Å²) in [5.41, 5.74) is 5.80. The van der Waals surface area contributed by atoms with Gasteiger partial charge in [0.25, 0.3) is 0 Å². The predicted molar refractivity (Wildman–Crippen MR) is 101 cm³/mol. The Morgan fingerprint density at radius 2 is 1.92 bits per heavy atom. The van der Waals surface area contributed by atoms with Crippen LogP contribution in [-0.2, 0) is 0 Å². The smallest absolute Gasteiger partial charge is 0.214 e. The van der Waals surface area contributed by atoms with E-state index in [1.165, 1.54) is 0 Å². The molecule has 0 saturated heterocycles. The second kappa shape index (κ2) is 6.98. The molecular weight excluding hydrogens is 336 g/mol. The lowest BCUT2D eigenvalue weighted by Crippen LogP contribution is -2.11. The first-order valence-electron chi connectivity index (χ1n) is 7.91. The molecule has 0 amide bonds.